The second-order valence-corrected chi connectivity index (χ2v) is 5.38. The van der Waals surface area contributed by atoms with Crippen LogP contribution in [0.2, 0.25) is 0 Å². The van der Waals surface area contributed by atoms with Crippen molar-refractivity contribution in [2.75, 3.05) is 11.9 Å². The molecule has 0 fully saturated rings. The van der Waals surface area contributed by atoms with E-state index in [9.17, 15) is 0 Å². The van der Waals surface area contributed by atoms with Crippen LogP contribution in [0.25, 0.3) is 22.8 Å². The van der Waals surface area contributed by atoms with Crippen molar-refractivity contribution in [2.45, 2.75) is 13.3 Å². The van der Waals surface area contributed by atoms with Gasteiger partial charge in [0.25, 0.3) is 0 Å². The fraction of sp³-hybridized carbons (Fsp3) is 0.286. The van der Waals surface area contributed by atoms with E-state index >= 15 is 0 Å². The number of anilines is 1. The number of hydrogen-bond acceptors (Lipinski definition) is 6. The predicted octanol–water partition coefficient (Wildman–Crippen LogP) is 2.82. The summed E-state index contributed by atoms with van der Waals surface area (Å²) in [4.78, 5) is 13.4. The lowest BCUT2D eigenvalue weighted by atomic mass is 10.2. The van der Waals surface area contributed by atoms with E-state index < -0.39 is 0 Å². The zero-order valence-corrected chi connectivity index (χ0v) is 12.8. The first-order chi connectivity index (χ1) is 10.3. The number of thiazole rings is 1. The second-order valence-electron chi connectivity index (χ2n) is 4.67. The highest BCUT2D eigenvalue weighted by molar-refractivity contribution is 7.07. The second kappa shape index (κ2) is 6.01. The lowest BCUT2D eigenvalue weighted by Gasteiger charge is -2.07. The van der Waals surface area contributed by atoms with Crippen LogP contribution in [0.3, 0.4) is 0 Å². The highest BCUT2D eigenvalue weighted by atomic mass is 32.1. The highest BCUT2D eigenvalue weighted by Crippen LogP contribution is 2.23. The molecule has 7 heteroatoms. The van der Waals surface area contributed by atoms with Crippen LogP contribution in [0.4, 0.5) is 5.82 Å². The van der Waals surface area contributed by atoms with E-state index in [-0.39, 0.29) is 0 Å². The van der Waals surface area contributed by atoms with Crippen molar-refractivity contribution in [3.05, 3.63) is 29.4 Å². The summed E-state index contributed by atoms with van der Waals surface area (Å²) < 4.78 is 1.76. The number of hydrogen-bond donors (Lipinski definition) is 1. The molecule has 0 aliphatic carbocycles. The van der Waals surface area contributed by atoms with Gasteiger partial charge in [0.2, 0.25) is 0 Å². The normalized spacial score (nSPS) is 10.8. The maximum atomic E-state index is 4.61. The van der Waals surface area contributed by atoms with Crippen LogP contribution in [-0.2, 0) is 7.05 Å². The minimum atomic E-state index is 0.635. The zero-order valence-electron chi connectivity index (χ0n) is 11.9. The van der Waals surface area contributed by atoms with Gasteiger partial charge < -0.3 is 5.32 Å². The first-order valence-corrected chi connectivity index (χ1v) is 7.71. The van der Waals surface area contributed by atoms with Crippen LogP contribution in [-0.4, -0.2) is 31.3 Å². The third-order valence-electron chi connectivity index (χ3n) is 2.94. The molecule has 6 nitrogen and oxygen atoms in total. The van der Waals surface area contributed by atoms with Gasteiger partial charge in [-0.3, -0.25) is 4.68 Å². The van der Waals surface area contributed by atoms with Gasteiger partial charge in [0, 0.05) is 36.8 Å². The molecule has 0 aliphatic rings. The van der Waals surface area contributed by atoms with Gasteiger partial charge in [-0.25, -0.2) is 15.0 Å². The maximum absolute atomic E-state index is 4.61. The standard InChI is InChI=1S/C14H16N6S/c1-3-4-15-13-5-11(10-6-17-20(2)7-10)18-14(19-13)12-8-21-9-16-12/h5-9H,3-4H2,1-2H3,(H,15,18,19). The molecule has 0 atom stereocenters. The highest BCUT2D eigenvalue weighted by Gasteiger charge is 2.11. The van der Waals surface area contributed by atoms with Crippen LogP contribution < -0.4 is 5.32 Å². The lowest BCUT2D eigenvalue weighted by molar-refractivity contribution is 0.768. The molecule has 108 valence electrons. The van der Waals surface area contributed by atoms with Gasteiger partial charge in [0.1, 0.15) is 11.5 Å². The van der Waals surface area contributed by atoms with E-state index in [0.717, 1.165) is 35.7 Å². The summed E-state index contributed by atoms with van der Waals surface area (Å²) in [6, 6.07) is 1.95. The molecular formula is C14H16N6S. The van der Waals surface area contributed by atoms with E-state index in [1.165, 1.54) is 11.3 Å². The SMILES string of the molecule is CCCNc1cc(-c2cnn(C)c2)nc(-c2cscn2)n1. The summed E-state index contributed by atoms with van der Waals surface area (Å²) in [5.41, 5.74) is 4.40. The number of nitrogens with one attached hydrogen (secondary N) is 1. The van der Waals surface area contributed by atoms with Gasteiger partial charge in [-0.2, -0.15) is 5.10 Å². The molecule has 3 heterocycles. The summed E-state index contributed by atoms with van der Waals surface area (Å²) >= 11 is 1.54. The maximum Gasteiger partial charge on any atom is 0.181 e. The van der Waals surface area contributed by atoms with Crippen LogP contribution in [0.15, 0.2) is 29.4 Å². The van der Waals surface area contributed by atoms with E-state index in [1.54, 1.807) is 16.4 Å². The summed E-state index contributed by atoms with van der Waals surface area (Å²) in [6.45, 7) is 3.00. The van der Waals surface area contributed by atoms with Crippen LogP contribution >= 0.6 is 11.3 Å². The number of rotatable bonds is 5. The van der Waals surface area contributed by atoms with Crippen molar-refractivity contribution in [3.63, 3.8) is 0 Å². The number of aromatic nitrogens is 5. The Bertz CT molecular complexity index is 719. The lowest BCUT2D eigenvalue weighted by Crippen LogP contribution is -2.04. The molecule has 0 radical (unpaired) electrons. The summed E-state index contributed by atoms with van der Waals surface area (Å²) in [7, 11) is 1.89. The van der Waals surface area contributed by atoms with Crippen molar-refractivity contribution < 1.29 is 0 Å². The largest absolute Gasteiger partial charge is 0.370 e. The molecule has 0 aliphatic heterocycles. The quantitative estimate of drug-likeness (QED) is 0.784. The molecule has 3 aromatic heterocycles. The predicted molar refractivity (Wildman–Crippen MR) is 84.1 cm³/mol. The Morgan fingerprint density at radius 1 is 1.29 bits per heavy atom. The smallest absolute Gasteiger partial charge is 0.181 e. The monoisotopic (exact) mass is 300 g/mol. The van der Waals surface area contributed by atoms with Crippen LogP contribution in [0.5, 0.6) is 0 Å². The number of nitrogens with zero attached hydrogens (tertiary/aromatic N) is 5. The van der Waals surface area contributed by atoms with Gasteiger partial charge in [-0.1, -0.05) is 6.92 Å². The molecule has 0 unspecified atom stereocenters. The molecule has 0 saturated heterocycles. The number of aryl methyl sites for hydroxylation is 1. The average Bonchev–Trinajstić information content (AvgIpc) is 3.16. The van der Waals surface area contributed by atoms with Gasteiger partial charge in [-0.05, 0) is 6.42 Å². The molecule has 3 rings (SSSR count). The Balaban J connectivity index is 2.04. The van der Waals surface area contributed by atoms with E-state index in [2.05, 4.69) is 32.3 Å². The Morgan fingerprint density at radius 2 is 2.19 bits per heavy atom. The molecule has 0 saturated carbocycles. The Labute approximate surface area is 126 Å². The molecule has 1 N–H and O–H groups in total. The topological polar surface area (TPSA) is 68.5 Å². The van der Waals surface area contributed by atoms with Crippen LogP contribution in [0, 0.1) is 0 Å². The first kappa shape index (κ1) is 13.7. The summed E-state index contributed by atoms with van der Waals surface area (Å²) in [5, 5.41) is 9.46. The molecule has 0 amide bonds. The third kappa shape index (κ3) is 3.08. The minimum absolute atomic E-state index is 0.635. The molecule has 0 spiro atoms. The van der Waals surface area contributed by atoms with Gasteiger partial charge >= 0.3 is 0 Å². The van der Waals surface area contributed by atoms with Crippen molar-refractivity contribution in [1.29, 1.82) is 0 Å². The molecule has 0 bridgehead atoms. The molecule has 21 heavy (non-hydrogen) atoms. The molecular weight excluding hydrogens is 284 g/mol. The van der Waals surface area contributed by atoms with Gasteiger partial charge in [0.15, 0.2) is 5.82 Å². The molecule has 3 aromatic rings. The van der Waals surface area contributed by atoms with Crippen molar-refractivity contribution in [1.82, 2.24) is 24.7 Å². The summed E-state index contributed by atoms with van der Waals surface area (Å²) in [6.07, 6.45) is 4.78. The zero-order chi connectivity index (χ0) is 14.7. The Kier molecular flexibility index (Phi) is 3.92. The fourth-order valence-electron chi connectivity index (χ4n) is 1.93. The van der Waals surface area contributed by atoms with Crippen molar-refractivity contribution >= 4 is 17.2 Å². The fourth-order valence-corrected chi connectivity index (χ4v) is 2.46. The van der Waals surface area contributed by atoms with Crippen LogP contribution in [0.1, 0.15) is 13.3 Å². The van der Waals surface area contributed by atoms with Gasteiger partial charge in [-0.15, -0.1) is 11.3 Å². The van der Waals surface area contributed by atoms with Crippen molar-refractivity contribution in [2.24, 2.45) is 7.05 Å². The van der Waals surface area contributed by atoms with E-state index in [0.29, 0.717) is 5.82 Å². The average molecular weight is 300 g/mol. The first-order valence-electron chi connectivity index (χ1n) is 6.77. The Morgan fingerprint density at radius 3 is 2.86 bits per heavy atom. The van der Waals surface area contributed by atoms with E-state index in [1.807, 2.05) is 24.7 Å². The minimum Gasteiger partial charge on any atom is -0.370 e. The summed E-state index contributed by atoms with van der Waals surface area (Å²) in [5.74, 6) is 1.45. The molecule has 0 aromatic carbocycles. The Hall–Kier alpha value is -2.28. The van der Waals surface area contributed by atoms with Crippen molar-refractivity contribution in [3.8, 4) is 22.8 Å². The van der Waals surface area contributed by atoms with Gasteiger partial charge in [0.05, 0.1) is 17.4 Å². The van der Waals surface area contributed by atoms with E-state index in [4.69, 9.17) is 0 Å². The third-order valence-corrected chi connectivity index (χ3v) is 3.53.